The molecule has 0 radical (unpaired) electrons. The van der Waals surface area contributed by atoms with Gasteiger partial charge in [0.2, 0.25) is 5.91 Å². The van der Waals surface area contributed by atoms with E-state index in [4.69, 9.17) is 4.74 Å². The number of morpholine rings is 1. The monoisotopic (exact) mass is 157 g/mol. The quantitative estimate of drug-likeness (QED) is 0.559. The van der Waals surface area contributed by atoms with Crippen LogP contribution in [-0.4, -0.2) is 36.6 Å². The molecule has 1 aliphatic rings. The van der Waals surface area contributed by atoms with Crippen LogP contribution in [0.2, 0.25) is 0 Å². The van der Waals surface area contributed by atoms with E-state index in [0.29, 0.717) is 19.3 Å². The molecule has 3 heteroatoms. The number of carbonyl (C=O) groups excluding carboxylic acids is 1. The van der Waals surface area contributed by atoms with E-state index in [-0.39, 0.29) is 5.91 Å². The Morgan fingerprint density at radius 3 is 2.91 bits per heavy atom. The van der Waals surface area contributed by atoms with Crippen molar-refractivity contribution in [2.24, 2.45) is 0 Å². The van der Waals surface area contributed by atoms with Gasteiger partial charge in [-0.2, -0.15) is 0 Å². The molecule has 0 N–H and O–H groups in total. The predicted octanol–water partition coefficient (Wildman–Crippen LogP) is 0.644. The van der Waals surface area contributed by atoms with Crippen LogP contribution in [0.25, 0.3) is 0 Å². The third-order valence-electron chi connectivity index (χ3n) is 2.10. The van der Waals surface area contributed by atoms with E-state index in [2.05, 4.69) is 6.92 Å². The van der Waals surface area contributed by atoms with Crippen molar-refractivity contribution >= 4 is 5.91 Å². The maximum atomic E-state index is 11.0. The van der Waals surface area contributed by atoms with Crippen LogP contribution in [0.4, 0.5) is 0 Å². The zero-order chi connectivity index (χ0) is 8.27. The van der Waals surface area contributed by atoms with Gasteiger partial charge in [0.05, 0.1) is 19.3 Å². The molecule has 1 amide bonds. The summed E-state index contributed by atoms with van der Waals surface area (Å²) in [6, 6.07) is 0.307. The Bertz CT molecular complexity index is 147. The highest BCUT2D eigenvalue weighted by Crippen LogP contribution is 2.09. The molecule has 0 bridgehead atoms. The molecule has 0 aromatic heterocycles. The molecule has 1 rings (SSSR count). The number of amides is 1. The Hall–Kier alpha value is -0.570. The van der Waals surface area contributed by atoms with Crippen LogP contribution in [0.1, 0.15) is 20.3 Å². The second kappa shape index (κ2) is 3.72. The Morgan fingerprint density at radius 1 is 1.73 bits per heavy atom. The van der Waals surface area contributed by atoms with Crippen molar-refractivity contribution in [1.82, 2.24) is 4.90 Å². The van der Waals surface area contributed by atoms with Gasteiger partial charge in [-0.3, -0.25) is 4.79 Å². The average molecular weight is 157 g/mol. The molecule has 0 spiro atoms. The Labute approximate surface area is 67.3 Å². The third kappa shape index (κ3) is 1.93. The minimum Gasteiger partial charge on any atom is -0.377 e. The molecule has 1 saturated heterocycles. The average Bonchev–Trinajstić information content (AvgIpc) is 2.04. The summed E-state index contributed by atoms with van der Waals surface area (Å²) in [5.41, 5.74) is 0. The summed E-state index contributed by atoms with van der Waals surface area (Å²) in [6.45, 7) is 5.85. The summed E-state index contributed by atoms with van der Waals surface area (Å²) in [5.74, 6) is 0.167. The first-order chi connectivity index (χ1) is 5.25. The van der Waals surface area contributed by atoms with Gasteiger partial charge in [0.25, 0.3) is 0 Å². The molecule has 1 heterocycles. The molecule has 0 saturated carbocycles. The van der Waals surface area contributed by atoms with E-state index >= 15 is 0 Å². The maximum Gasteiger partial charge on any atom is 0.219 e. The summed E-state index contributed by atoms with van der Waals surface area (Å²) in [5, 5.41) is 0. The molecule has 0 aliphatic carbocycles. The van der Waals surface area contributed by atoms with Gasteiger partial charge in [0.15, 0.2) is 0 Å². The number of ether oxygens (including phenoxy) is 1. The molecule has 0 unspecified atom stereocenters. The SMILES string of the molecule is CC[C@H]1COCCN1C(C)=O. The van der Waals surface area contributed by atoms with Crippen LogP contribution >= 0.6 is 0 Å². The van der Waals surface area contributed by atoms with Crippen LogP contribution in [0, 0.1) is 0 Å². The molecular weight excluding hydrogens is 142 g/mol. The fraction of sp³-hybridized carbons (Fsp3) is 0.875. The Morgan fingerprint density at radius 2 is 2.45 bits per heavy atom. The fourth-order valence-corrected chi connectivity index (χ4v) is 1.41. The fourth-order valence-electron chi connectivity index (χ4n) is 1.41. The number of carbonyl (C=O) groups is 1. The normalized spacial score (nSPS) is 25.3. The number of hydrogen-bond acceptors (Lipinski definition) is 2. The lowest BCUT2D eigenvalue weighted by Crippen LogP contribution is -2.47. The van der Waals surface area contributed by atoms with Gasteiger partial charge in [-0.25, -0.2) is 0 Å². The van der Waals surface area contributed by atoms with Gasteiger partial charge in [-0.15, -0.1) is 0 Å². The largest absolute Gasteiger partial charge is 0.377 e. The highest BCUT2D eigenvalue weighted by Gasteiger charge is 2.22. The topological polar surface area (TPSA) is 29.5 Å². The van der Waals surface area contributed by atoms with Crippen molar-refractivity contribution < 1.29 is 9.53 Å². The standard InChI is InChI=1S/C8H15NO2/c1-3-8-6-11-5-4-9(8)7(2)10/h8H,3-6H2,1-2H3/t8-/m0/s1. The molecule has 11 heavy (non-hydrogen) atoms. The zero-order valence-electron chi connectivity index (χ0n) is 7.17. The summed E-state index contributed by atoms with van der Waals surface area (Å²) in [6.07, 6.45) is 0.986. The highest BCUT2D eigenvalue weighted by molar-refractivity contribution is 5.73. The van der Waals surface area contributed by atoms with Gasteiger partial charge in [0.1, 0.15) is 0 Å². The second-order valence-corrected chi connectivity index (χ2v) is 2.85. The molecule has 3 nitrogen and oxygen atoms in total. The predicted molar refractivity (Wildman–Crippen MR) is 42.3 cm³/mol. The van der Waals surface area contributed by atoms with E-state index in [1.54, 1.807) is 6.92 Å². The van der Waals surface area contributed by atoms with Crippen molar-refractivity contribution in [1.29, 1.82) is 0 Å². The van der Waals surface area contributed by atoms with Crippen LogP contribution in [0.15, 0.2) is 0 Å². The molecular formula is C8H15NO2. The van der Waals surface area contributed by atoms with Crippen molar-refractivity contribution in [2.45, 2.75) is 26.3 Å². The molecule has 0 aromatic carbocycles. The first-order valence-corrected chi connectivity index (χ1v) is 4.10. The van der Waals surface area contributed by atoms with E-state index in [0.717, 1.165) is 13.0 Å². The first kappa shape index (κ1) is 8.53. The molecule has 1 atom stereocenters. The summed E-state index contributed by atoms with van der Waals surface area (Å²) >= 11 is 0. The van der Waals surface area contributed by atoms with Gasteiger partial charge in [-0.1, -0.05) is 6.92 Å². The van der Waals surface area contributed by atoms with Crippen molar-refractivity contribution in [3.05, 3.63) is 0 Å². The Balaban J connectivity index is 2.51. The van der Waals surface area contributed by atoms with Crippen LogP contribution < -0.4 is 0 Å². The summed E-state index contributed by atoms with van der Waals surface area (Å²) in [7, 11) is 0. The van der Waals surface area contributed by atoms with E-state index in [1.165, 1.54) is 0 Å². The third-order valence-corrected chi connectivity index (χ3v) is 2.10. The maximum absolute atomic E-state index is 11.0. The second-order valence-electron chi connectivity index (χ2n) is 2.85. The number of hydrogen-bond donors (Lipinski definition) is 0. The van der Waals surface area contributed by atoms with Crippen molar-refractivity contribution in [3.63, 3.8) is 0 Å². The van der Waals surface area contributed by atoms with Crippen LogP contribution in [0.3, 0.4) is 0 Å². The van der Waals surface area contributed by atoms with Gasteiger partial charge < -0.3 is 9.64 Å². The van der Waals surface area contributed by atoms with Crippen molar-refractivity contribution in [2.75, 3.05) is 19.8 Å². The number of rotatable bonds is 1. The smallest absolute Gasteiger partial charge is 0.219 e. The minimum absolute atomic E-state index is 0.167. The number of nitrogens with zero attached hydrogens (tertiary/aromatic N) is 1. The lowest BCUT2D eigenvalue weighted by atomic mass is 10.2. The molecule has 1 aliphatic heterocycles. The van der Waals surface area contributed by atoms with Gasteiger partial charge in [0, 0.05) is 13.5 Å². The van der Waals surface area contributed by atoms with Crippen LogP contribution in [-0.2, 0) is 9.53 Å². The lowest BCUT2D eigenvalue weighted by molar-refractivity contribution is -0.137. The summed E-state index contributed by atoms with van der Waals surface area (Å²) < 4.78 is 5.26. The van der Waals surface area contributed by atoms with Gasteiger partial charge in [-0.05, 0) is 6.42 Å². The molecule has 1 fully saturated rings. The van der Waals surface area contributed by atoms with E-state index in [1.807, 2.05) is 4.90 Å². The van der Waals surface area contributed by atoms with E-state index < -0.39 is 0 Å². The summed E-state index contributed by atoms with van der Waals surface area (Å²) in [4.78, 5) is 12.9. The van der Waals surface area contributed by atoms with Crippen LogP contribution in [0.5, 0.6) is 0 Å². The highest BCUT2D eigenvalue weighted by atomic mass is 16.5. The molecule has 0 aromatic rings. The minimum atomic E-state index is 0.167. The molecule has 64 valence electrons. The van der Waals surface area contributed by atoms with Crippen molar-refractivity contribution in [3.8, 4) is 0 Å². The zero-order valence-corrected chi connectivity index (χ0v) is 7.17. The lowest BCUT2D eigenvalue weighted by Gasteiger charge is -2.34. The van der Waals surface area contributed by atoms with E-state index in [9.17, 15) is 4.79 Å². The van der Waals surface area contributed by atoms with Gasteiger partial charge >= 0.3 is 0 Å². The first-order valence-electron chi connectivity index (χ1n) is 4.10. The Kier molecular flexibility index (Phi) is 2.88.